The van der Waals surface area contributed by atoms with E-state index in [1.807, 2.05) is 7.05 Å². The highest BCUT2D eigenvalue weighted by Crippen LogP contribution is 2.21. The molecule has 1 amide bonds. The van der Waals surface area contributed by atoms with Crippen molar-refractivity contribution >= 4 is 29.9 Å². The second-order valence-corrected chi connectivity index (χ2v) is 6.32. The third kappa shape index (κ3) is 3.94. The molecule has 1 N–H and O–H groups in total. The van der Waals surface area contributed by atoms with Crippen LogP contribution in [0.2, 0.25) is 5.02 Å². The minimum absolute atomic E-state index is 0. The molecule has 9 heteroatoms. The van der Waals surface area contributed by atoms with Gasteiger partial charge in [-0.05, 0) is 45.0 Å². The molecule has 1 aromatic carbocycles. The molecule has 0 bridgehead atoms. The summed E-state index contributed by atoms with van der Waals surface area (Å²) in [6.45, 7) is 3.14. The molecule has 25 heavy (non-hydrogen) atoms. The van der Waals surface area contributed by atoms with Crippen LogP contribution < -0.4 is 5.32 Å². The summed E-state index contributed by atoms with van der Waals surface area (Å²) in [4.78, 5) is 14.5. The Labute approximate surface area is 156 Å². The number of carbonyl (C=O) groups excluding carboxylic acids is 1. The van der Waals surface area contributed by atoms with Gasteiger partial charge >= 0.3 is 0 Å². The summed E-state index contributed by atoms with van der Waals surface area (Å²) in [6.07, 6.45) is 2.01. The van der Waals surface area contributed by atoms with Gasteiger partial charge in [0.15, 0.2) is 5.69 Å². The van der Waals surface area contributed by atoms with E-state index >= 15 is 0 Å². The SMILES string of the molecule is CNC1CCCN(C(=O)c2nnn(-c3ccc(F)c(Cl)c3)c2C)C1.Cl. The van der Waals surface area contributed by atoms with Crippen molar-refractivity contribution in [1.29, 1.82) is 0 Å². The molecule has 136 valence electrons. The highest BCUT2D eigenvalue weighted by molar-refractivity contribution is 6.30. The number of aromatic nitrogens is 3. The van der Waals surface area contributed by atoms with Crippen molar-refractivity contribution in [2.75, 3.05) is 20.1 Å². The van der Waals surface area contributed by atoms with Crippen molar-refractivity contribution in [3.05, 3.63) is 40.4 Å². The number of benzene rings is 1. The summed E-state index contributed by atoms with van der Waals surface area (Å²) >= 11 is 5.82. The van der Waals surface area contributed by atoms with E-state index in [2.05, 4.69) is 15.6 Å². The third-order valence-electron chi connectivity index (χ3n) is 4.36. The highest BCUT2D eigenvalue weighted by Gasteiger charge is 2.27. The summed E-state index contributed by atoms with van der Waals surface area (Å²) in [5, 5.41) is 11.3. The number of halogens is 3. The molecule has 0 spiro atoms. The molecule has 0 radical (unpaired) electrons. The molecule has 0 saturated carbocycles. The van der Waals surface area contributed by atoms with Gasteiger partial charge in [-0.3, -0.25) is 4.79 Å². The fourth-order valence-electron chi connectivity index (χ4n) is 2.94. The number of carbonyl (C=O) groups is 1. The van der Waals surface area contributed by atoms with Crippen LogP contribution in [0.5, 0.6) is 0 Å². The summed E-state index contributed by atoms with van der Waals surface area (Å²) in [6, 6.07) is 4.58. The average Bonchev–Trinajstić information content (AvgIpc) is 2.98. The zero-order valence-corrected chi connectivity index (χ0v) is 15.6. The fraction of sp³-hybridized carbons (Fsp3) is 0.438. The highest BCUT2D eigenvalue weighted by atomic mass is 35.5. The summed E-state index contributed by atoms with van der Waals surface area (Å²) in [5.41, 5.74) is 1.48. The number of hydrogen-bond donors (Lipinski definition) is 1. The van der Waals surface area contributed by atoms with E-state index in [1.165, 1.54) is 16.8 Å². The van der Waals surface area contributed by atoms with Crippen molar-refractivity contribution in [1.82, 2.24) is 25.2 Å². The summed E-state index contributed by atoms with van der Waals surface area (Å²) in [5.74, 6) is -0.632. The van der Waals surface area contributed by atoms with Crippen LogP contribution in [0.25, 0.3) is 5.69 Å². The van der Waals surface area contributed by atoms with Crippen molar-refractivity contribution in [3.8, 4) is 5.69 Å². The van der Waals surface area contributed by atoms with Gasteiger partial charge in [0.25, 0.3) is 5.91 Å². The molecule has 6 nitrogen and oxygen atoms in total. The Morgan fingerprint density at radius 1 is 1.44 bits per heavy atom. The number of amides is 1. The first-order valence-electron chi connectivity index (χ1n) is 7.85. The Kier molecular flexibility index (Phi) is 6.37. The molecule has 3 rings (SSSR count). The van der Waals surface area contributed by atoms with Gasteiger partial charge in [-0.15, -0.1) is 17.5 Å². The second-order valence-electron chi connectivity index (χ2n) is 5.91. The van der Waals surface area contributed by atoms with Crippen molar-refractivity contribution in [3.63, 3.8) is 0 Å². The zero-order chi connectivity index (χ0) is 17.3. The molecular formula is C16H20Cl2FN5O. The van der Waals surface area contributed by atoms with Gasteiger partial charge in [0.1, 0.15) is 5.82 Å². The van der Waals surface area contributed by atoms with Crippen LogP contribution in [0.4, 0.5) is 4.39 Å². The Morgan fingerprint density at radius 2 is 2.20 bits per heavy atom. The Bertz CT molecular complexity index is 767. The lowest BCUT2D eigenvalue weighted by Crippen LogP contribution is -2.47. The zero-order valence-electron chi connectivity index (χ0n) is 14.0. The quantitative estimate of drug-likeness (QED) is 0.878. The van der Waals surface area contributed by atoms with Crippen molar-refractivity contribution in [2.45, 2.75) is 25.8 Å². The number of likely N-dealkylation sites (N-methyl/N-ethyl adjacent to an activating group) is 1. The Hall–Kier alpha value is -1.70. The summed E-state index contributed by atoms with van der Waals surface area (Å²) < 4.78 is 14.8. The maximum absolute atomic E-state index is 13.3. The van der Waals surface area contributed by atoms with Crippen LogP contribution in [0.1, 0.15) is 29.0 Å². The minimum Gasteiger partial charge on any atom is -0.336 e. The lowest BCUT2D eigenvalue weighted by molar-refractivity contribution is 0.0691. The van der Waals surface area contributed by atoms with Gasteiger partial charge in [-0.2, -0.15) is 0 Å². The number of hydrogen-bond acceptors (Lipinski definition) is 4. The van der Waals surface area contributed by atoms with E-state index in [0.29, 0.717) is 36.2 Å². The Balaban J connectivity index is 0.00000225. The van der Waals surface area contributed by atoms with Crippen LogP contribution in [-0.2, 0) is 0 Å². The van der Waals surface area contributed by atoms with E-state index in [4.69, 9.17) is 11.6 Å². The van der Waals surface area contributed by atoms with E-state index in [-0.39, 0.29) is 23.3 Å². The van der Waals surface area contributed by atoms with Crippen LogP contribution >= 0.6 is 24.0 Å². The number of piperidine rings is 1. The van der Waals surface area contributed by atoms with E-state index in [0.717, 1.165) is 12.8 Å². The largest absolute Gasteiger partial charge is 0.336 e. The number of rotatable bonds is 3. The lowest BCUT2D eigenvalue weighted by Gasteiger charge is -2.32. The maximum Gasteiger partial charge on any atom is 0.276 e. The molecular weight excluding hydrogens is 368 g/mol. The van der Waals surface area contributed by atoms with Crippen molar-refractivity contribution < 1.29 is 9.18 Å². The van der Waals surface area contributed by atoms with Crippen molar-refractivity contribution in [2.24, 2.45) is 0 Å². The standard InChI is InChI=1S/C16H19ClFN5O.ClH/c1-10-15(16(24)22-7-3-4-11(9-22)19-2)20-21-23(10)12-5-6-14(18)13(17)8-12;/h5-6,8,11,19H,3-4,7,9H2,1-2H3;1H. The molecule has 1 saturated heterocycles. The smallest absolute Gasteiger partial charge is 0.276 e. The third-order valence-corrected chi connectivity index (χ3v) is 4.65. The molecule has 1 unspecified atom stereocenters. The van der Waals surface area contributed by atoms with Gasteiger partial charge in [-0.1, -0.05) is 16.8 Å². The number of nitrogens with one attached hydrogen (secondary N) is 1. The second kappa shape index (κ2) is 8.12. The number of nitrogens with zero attached hydrogens (tertiary/aromatic N) is 4. The summed E-state index contributed by atoms with van der Waals surface area (Å²) in [7, 11) is 1.90. The molecule has 0 aliphatic carbocycles. The first-order valence-corrected chi connectivity index (χ1v) is 8.23. The van der Waals surface area contributed by atoms with Gasteiger partial charge in [0, 0.05) is 19.1 Å². The Morgan fingerprint density at radius 3 is 2.88 bits per heavy atom. The maximum atomic E-state index is 13.3. The van der Waals surface area contributed by atoms with Crippen LogP contribution in [-0.4, -0.2) is 52.0 Å². The van der Waals surface area contributed by atoms with E-state index in [9.17, 15) is 9.18 Å². The van der Waals surface area contributed by atoms with Gasteiger partial charge in [0.2, 0.25) is 0 Å². The van der Waals surface area contributed by atoms with Crippen LogP contribution in [0.3, 0.4) is 0 Å². The molecule has 1 aromatic heterocycles. The number of likely N-dealkylation sites (tertiary alicyclic amines) is 1. The van der Waals surface area contributed by atoms with Gasteiger partial charge in [0.05, 0.1) is 16.4 Å². The first-order chi connectivity index (χ1) is 11.5. The predicted molar refractivity (Wildman–Crippen MR) is 96.3 cm³/mol. The van der Waals surface area contributed by atoms with E-state index < -0.39 is 5.82 Å². The molecule has 1 aliphatic heterocycles. The molecule has 1 atom stereocenters. The molecule has 1 fully saturated rings. The van der Waals surface area contributed by atoms with Crippen LogP contribution in [0, 0.1) is 12.7 Å². The topological polar surface area (TPSA) is 63.1 Å². The van der Waals surface area contributed by atoms with E-state index in [1.54, 1.807) is 17.9 Å². The molecule has 2 aromatic rings. The monoisotopic (exact) mass is 387 g/mol. The normalized spacial score (nSPS) is 17.3. The molecule has 1 aliphatic rings. The van der Waals surface area contributed by atoms with Gasteiger partial charge < -0.3 is 10.2 Å². The minimum atomic E-state index is -0.499. The predicted octanol–water partition coefficient (Wildman–Crippen LogP) is 2.61. The fourth-order valence-corrected chi connectivity index (χ4v) is 3.11. The van der Waals surface area contributed by atoms with Gasteiger partial charge in [-0.25, -0.2) is 9.07 Å². The average molecular weight is 388 g/mol. The van der Waals surface area contributed by atoms with Crippen LogP contribution in [0.15, 0.2) is 18.2 Å². The molecule has 2 heterocycles. The first kappa shape index (κ1) is 19.6. The lowest BCUT2D eigenvalue weighted by atomic mass is 10.1.